The molecule has 2 aliphatic rings. The maximum atomic E-state index is 12.2. The van der Waals surface area contributed by atoms with Gasteiger partial charge in [0.25, 0.3) is 0 Å². The predicted molar refractivity (Wildman–Crippen MR) is 54.4 cm³/mol. The Labute approximate surface area is 97.8 Å². The number of hydrogen-bond acceptors (Lipinski definition) is 3. The van der Waals surface area contributed by atoms with E-state index >= 15 is 0 Å². The van der Waals surface area contributed by atoms with Crippen LogP contribution < -0.4 is 0 Å². The molecule has 3 atom stereocenters. The summed E-state index contributed by atoms with van der Waals surface area (Å²) < 4.78 is 63.1. The lowest BCUT2D eigenvalue weighted by Gasteiger charge is -2.28. The van der Waals surface area contributed by atoms with Gasteiger partial charge in [-0.1, -0.05) is 13.5 Å². The van der Waals surface area contributed by atoms with E-state index in [-0.39, 0.29) is 5.92 Å². The van der Waals surface area contributed by atoms with Gasteiger partial charge >= 0.3 is 15.6 Å². The van der Waals surface area contributed by atoms with Crippen molar-refractivity contribution >= 4 is 10.1 Å². The Balaban J connectivity index is 2.20. The maximum Gasteiger partial charge on any atom is 0.523 e. The highest BCUT2D eigenvalue weighted by Crippen LogP contribution is 2.61. The highest BCUT2D eigenvalue weighted by atomic mass is 32.2. The Hall–Kier alpha value is -0.560. The Morgan fingerprint density at radius 2 is 2.06 bits per heavy atom. The van der Waals surface area contributed by atoms with Crippen LogP contribution in [-0.2, 0) is 14.3 Å². The second-order valence-electron chi connectivity index (χ2n) is 4.92. The lowest BCUT2D eigenvalue weighted by atomic mass is 9.86. The van der Waals surface area contributed by atoms with E-state index < -0.39 is 21.2 Å². The lowest BCUT2D eigenvalue weighted by molar-refractivity contribution is -0.0584. The lowest BCUT2D eigenvalue weighted by Crippen LogP contribution is -2.35. The summed E-state index contributed by atoms with van der Waals surface area (Å²) in [5.41, 5.74) is -6.17. The van der Waals surface area contributed by atoms with Gasteiger partial charge in [0, 0.05) is 0 Å². The summed E-state index contributed by atoms with van der Waals surface area (Å²) in [6.45, 7) is 5.63. The van der Waals surface area contributed by atoms with Crippen molar-refractivity contribution in [3.05, 3.63) is 12.2 Å². The van der Waals surface area contributed by atoms with Crippen LogP contribution in [0, 0.1) is 11.8 Å². The number of alkyl halides is 3. The monoisotopic (exact) mass is 270 g/mol. The molecule has 0 bridgehead atoms. The zero-order chi connectivity index (χ0) is 13.1. The van der Waals surface area contributed by atoms with Gasteiger partial charge in [0.2, 0.25) is 0 Å². The first kappa shape index (κ1) is 12.9. The first-order chi connectivity index (χ1) is 7.58. The van der Waals surface area contributed by atoms with E-state index in [4.69, 9.17) is 0 Å². The molecule has 0 radical (unpaired) electrons. The summed E-state index contributed by atoms with van der Waals surface area (Å²) in [7, 11) is -5.53. The third-order valence-electron chi connectivity index (χ3n) is 3.47. The molecule has 0 N–H and O–H groups in total. The van der Waals surface area contributed by atoms with Gasteiger partial charge in [0.15, 0.2) is 0 Å². The Kier molecular flexibility index (Phi) is 2.63. The smallest absolute Gasteiger partial charge is 0.252 e. The van der Waals surface area contributed by atoms with Gasteiger partial charge in [-0.25, -0.2) is 0 Å². The van der Waals surface area contributed by atoms with Gasteiger partial charge in [-0.15, -0.1) is 0 Å². The number of halogens is 3. The SMILES string of the molecule is C=C1C[C@@H](C)CC2C[C@]12OS(=O)(=O)C(F)(F)F. The minimum atomic E-state index is -5.53. The minimum absolute atomic E-state index is 0.143. The quantitative estimate of drug-likeness (QED) is 0.440. The number of hydrogen-bond donors (Lipinski definition) is 0. The minimum Gasteiger partial charge on any atom is -0.252 e. The summed E-state index contributed by atoms with van der Waals surface area (Å²) in [5, 5.41) is 0. The van der Waals surface area contributed by atoms with E-state index in [1.54, 1.807) is 0 Å². The molecule has 0 heterocycles. The van der Waals surface area contributed by atoms with Crippen LogP contribution in [-0.4, -0.2) is 19.5 Å². The van der Waals surface area contributed by atoms with Crippen molar-refractivity contribution in [2.75, 3.05) is 0 Å². The topological polar surface area (TPSA) is 43.4 Å². The van der Waals surface area contributed by atoms with Crippen molar-refractivity contribution in [1.29, 1.82) is 0 Å². The fraction of sp³-hybridized carbons (Fsp3) is 0.800. The second-order valence-corrected chi connectivity index (χ2v) is 6.46. The van der Waals surface area contributed by atoms with Gasteiger partial charge in [0.1, 0.15) is 5.60 Å². The van der Waals surface area contributed by atoms with Gasteiger partial charge < -0.3 is 0 Å². The molecule has 98 valence electrons. The normalized spacial score (nSPS) is 37.8. The molecule has 1 unspecified atom stereocenters. The first-order valence-corrected chi connectivity index (χ1v) is 6.69. The summed E-state index contributed by atoms with van der Waals surface area (Å²) in [6, 6.07) is 0. The van der Waals surface area contributed by atoms with E-state index in [9.17, 15) is 21.6 Å². The van der Waals surface area contributed by atoms with Crippen LogP contribution in [0.25, 0.3) is 0 Å². The molecular weight excluding hydrogens is 257 g/mol. The Morgan fingerprint density at radius 1 is 1.47 bits per heavy atom. The fourth-order valence-corrected chi connectivity index (χ4v) is 3.39. The largest absolute Gasteiger partial charge is 0.523 e. The van der Waals surface area contributed by atoms with Crippen LogP contribution in [0.15, 0.2) is 12.2 Å². The molecule has 2 rings (SSSR count). The summed E-state index contributed by atoms with van der Waals surface area (Å²) >= 11 is 0. The van der Waals surface area contributed by atoms with E-state index in [1.165, 1.54) is 0 Å². The number of fused-ring (bicyclic) bond motifs is 1. The zero-order valence-corrected chi connectivity index (χ0v) is 10.1. The Bertz CT molecular complexity index is 454. The van der Waals surface area contributed by atoms with Gasteiger partial charge in [-0.3, -0.25) is 4.18 Å². The van der Waals surface area contributed by atoms with Crippen molar-refractivity contribution in [3.63, 3.8) is 0 Å². The highest BCUT2D eigenvalue weighted by Gasteiger charge is 2.65. The molecule has 0 aromatic heterocycles. The summed E-state index contributed by atoms with van der Waals surface area (Å²) in [5.74, 6) is 0.177. The van der Waals surface area contributed by atoms with Crippen molar-refractivity contribution in [2.45, 2.75) is 37.3 Å². The first-order valence-electron chi connectivity index (χ1n) is 5.28. The van der Waals surface area contributed by atoms with Gasteiger partial charge in [-0.2, -0.15) is 21.6 Å². The van der Waals surface area contributed by atoms with Gasteiger partial charge in [0.05, 0.1) is 0 Å². The van der Waals surface area contributed by atoms with E-state index in [0.29, 0.717) is 30.8 Å². The van der Waals surface area contributed by atoms with Gasteiger partial charge in [-0.05, 0) is 36.7 Å². The molecule has 0 aromatic rings. The van der Waals surface area contributed by atoms with Crippen molar-refractivity contribution in [3.8, 4) is 0 Å². The highest BCUT2D eigenvalue weighted by molar-refractivity contribution is 7.87. The van der Waals surface area contributed by atoms with Crippen molar-refractivity contribution < 1.29 is 25.8 Å². The fourth-order valence-electron chi connectivity index (χ4n) is 2.58. The van der Waals surface area contributed by atoms with Crippen LogP contribution >= 0.6 is 0 Å². The molecule has 2 aliphatic carbocycles. The molecule has 0 spiro atoms. The van der Waals surface area contributed by atoms with Crippen molar-refractivity contribution in [2.24, 2.45) is 11.8 Å². The Morgan fingerprint density at radius 3 is 2.53 bits per heavy atom. The molecule has 17 heavy (non-hydrogen) atoms. The molecule has 0 aliphatic heterocycles. The average Bonchev–Trinajstić information content (AvgIpc) is 2.75. The van der Waals surface area contributed by atoms with E-state index in [1.807, 2.05) is 6.92 Å². The van der Waals surface area contributed by atoms with Crippen LogP contribution in [0.5, 0.6) is 0 Å². The molecule has 2 saturated carbocycles. The zero-order valence-electron chi connectivity index (χ0n) is 9.25. The molecule has 0 aromatic carbocycles. The molecule has 0 amide bonds. The standard InChI is InChI=1S/C10H13F3O3S/c1-6-3-7(2)9(5-8(9)4-6)16-17(14,15)10(11,12)13/h6,8H,2-5H2,1H3/t6-,8?,9+/m1/s1. The molecule has 3 nitrogen and oxygen atoms in total. The molecular formula is C10H13F3O3S. The molecule has 0 saturated heterocycles. The van der Waals surface area contributed by atoms with E-state index in [0.717, 1.165) is 0 Å². The predicted octanol–water partition coefficient (Wildman–Crippen LogP) is 2.60. The third-order valence-corrected chi connectivity index (χ3v) is 4.55. The second kappa shape index (κ2) is 3.47. The summed E-state index contributed by atoms with van der Waals surface area (Å²) in [4.78, 5) is 0. The summed E-state index contributed by atoms with van der Waals surface area (Å²) in [6.07, 6.45) is 1.53. The van der Waals surface area contributed by atoms with Crippen LogP contribution in [0.4, 0.5) is 13.2 Å². The number of rotatable bonds is 2. The van der Waals surface area contributed by atoms with Crippen molar-refractivity contribution in [1.82, 2.24) is 0 Å². The molecule has 7 heteroatoms. The van der Waals surface area contributed by atoms with Crippen LogP contribution in [0.3, 0.4) is 0 Å². The van der Waals surface area contributed by atoms with E-state index in [2.05, 4.69) is 10.8 Å². The average molecular weight is 270 g/mol. The van der Waals surface area contributed by atoms with Crippen LogP contribution in [0.2, 0.25) is 0 Å². The molecule has 2 fully saturated rings. The maximum absolute atomic E-state index is 12.2. The third kappa shape index (κ3) is 1.99. The van der Waals surface area contributed by atoms with Crippen LogP contribution in [0.1, 0.15) is 26.2 Å².